The van der Waals surface area contributed by atoms with Crippen LogP contribution in [0.1, 0.15) is 18.4 Å². The van der Waals surface area contributed by atoms with Crippen molar-refractivity contribution >= 4 is 0 Å². The summed E-state index contributed by atoms with van der Waals surface area (Å²) in [6, 6.07) is 5.94. The van der Waals surface area contributed by atoms with Gasteiger partial charge in [0.25, 0.3) is 0 Å². The molecule has 0 unspecified atom stereocenters. The fourth-order valence-corrected chi connectivity index (χ4v) is 2.96. The minimum absolute atomic E-state index is 0.264. The maximum Gasteiger partial charge on any atom is 0.127 e. The normalized spacial score (nSPS) is 16.7. The minimum atomic E-state index is 0.264. The van der Waals surface area contributed by atoms with Crippen molar-refractivity contribution in [3.8, 4) is 11.5 Å². The Morgan fingerprint density at radius 3 is 2.64 bits per heavy atom. The number of rotatable bonds is 8. The molecule has 1 aliphatic rings. The number of piperidine rings is 1. The van der Waals surface area contributed by atoms with Crippen LogP contribution in [0.3, 0.4) is 0 Å². The fraction of sp³-hybridized carbons (Fsp3) is 0.647. The summed E-state index contributed by atoms with van der Waals surface area (Å²) in [5.41, 5.74) is 1.15. The first-order chi connectivity index (χ1) is 10.8. The van der Waals surface area contributed by atoms with Crippen LogP contribution in [0.25, 0.3) is 0 Å². The van der Waals surface area contributed by atoms with Gasteiger partial charge in [-0.25, -0.2) is 0 Å². The molecular formula is C17H28N2O3. The van der Waals surface area contributed by atoms with Crippen LogP contribution in [0.15, 0.2) is 18.2 Å². The fourth-order valence-electron chi connectivity index (χ4n) is 2.96. The van der Waals surface area contributed by atoms with E-state index < -0.39 is 0 Å². The first kappa shape index (κ1) is 17.1. The predicted molar refractivity (Wildman–Crippen MR) is 87.5 cm³/mol. The quantitative estimate of drug-likeness (QED) is 0.762. The molecule has 0 radical (unpaired) electrons. The van der Waals surface area contributed by atoms with Crippen molar-refractivity contribution < 1.29 is 14.6 Å². The highest BCUT2D eigenvalue weighted by atomic mass is 16.5. The van der Waals surface area contributed by atoms with Crippen molar-refractivity contribution in [3.63, 3.8) is 0 Å². The zero-order valence-electron chi connectivity index (χ0n) is 13.7. The van der Waals surface area contributed by atoms with Crippen LogP contribution in [0, 0.1) is 5.92 Å². The van der Waals surface area contributed by atoms with E-state index in [0.717, 1.165) is 55.7 Å². The zero-order valence-corrected chi connectivity index (χ0v) is 13.7. The molecule has 0 saturated carbocycles. The Labute approximate surface area is 133 Å². The molecule has 2 rings (SSSR count). The third kappa shape index (κ3) is 4.87. The Kier molecular flexibility index (Phi) is 6.96. The minimum Gasteiger partial charge on any atom is -0.497 e. The van der Waals surface area contributed by atoms with Gasteiger partial charge in [-0.3, -0.25) is 0 Å². The third-order valence-corrected chi connectivity index (χ3v) is 4.37. The van der Waals surface area contributed by atoms with E-state index in [2.05, 4.69) is 16.3 Å². The first-order valence-electron chi connectivity index (χ1n) is 8.01. The van der Waals surface area contributed by atoms with Crippen LogP contribution in [0.2, 0.25) is 0 Å². The highest BCUT2D eigenvalue weighted by Gasteiger charge is 2.18. The summed E-state index contributed by atoms with van der Waals surface area (Å²) in [7, 11) is 3.35. The Morgan fingerprint density at radius 1 is 1.23 bits per heavy atom. The molecule has 0 aromatic heterocycles. The summed E-state index contributed by atoms with van der Waals surface area (Å²) in [4.78, 5) is 2.34. The van der Waals surface area contributed by atoms with Crippen molar-refractivity contribution in [1.82, 2.24) is 10.2 Å². The summed E-state index contributed by atoms with van der Waals surface area (Å²) in [6.45, 7) is 5.10. The predicted octanol–water partition coefficient (Wildman–Crippen LogP) is 1.50. The number of hydrogen-bond donors (Lipinski definition) is 2. The molecule has 22 heavy (non-hydrogen) atoms. The van der Waals surface area contributed by atoms with E-state index in [1.54, 1.807) is 14.2 Å². The third-order valence-electron chi connectivity index (χ3n) is 4.37. The van der Waals surface area contributed by atoms with Crippen molar-refractivity contribution in [3.05, 3.63) is 23.8 Å². The molecule has 2 N–H and O–H groups in total. The first-order valence-corrected chi connectivity index (χ1v) is 8.01. The van der Waals surface area contributed by atoms with Gasteiger partial charge in [0.05, 0.1) is 20.8 Å². The van der Waals surface area contributed by atoms with Crippen molar-refractivity contribution in [2.45, 2.75) is 19.4 Å². The van der Waals surface area contributed by atoms with Gasteiger partial charge in [-0.2, -0.15) is 0 Å². The molecule has 1 heterocycles. The Morgan fingerprint density at radius 2 is 2.00 bits per heavy atom. The standard InChI is InChI=1S/C17H28N2O3/c1-21-16-4-3-15(17(11-16)22-2)13-18-12-14-5-7-19(8-6-14)9-10-20/h3-4,11,14,18,20H,5-10,12-13H2,1-2H3. The number of methoxy groups -OCH3 is 2. The number of benzene rings is 1. The lowest BCUT2D eigenvalue weighted by molar-refractivity contribution is 0.146. The molecule has 124 valence electrons. The number of likely N-dealkylation sites (tertiary alicyclic amines) is 1. The van der Waals surface area contributed by atoms with Crippen molar-refractivity contribution in [2.24, 2.45) is 5.92 Å². The second kappa shape index (κ2) is 8.98. The molecule has 0 bridgehead atoms. The number of nitrogens with zero attached hydrogens (tertiary/aromatic N) is 1. The zero-order chi connectivity index (χ0) is 15.8. The summed E-state index contributed by atoms with van der Waals surface area (Å²) in [5.74, 6) is 2.40. The van der Waals surface area contributed by atoms with E-state index in [1.807, 2.05) is 12.1 Å². The van der Waals surface area contributed by atoms with E-state index in [-0.39, 0.29) is 6.61 Å². The molecule has 0 atom stereocenters. The number of β-amino-alcohol motifs (C(OH)–C–C–N with tert-alkyl or cyclic N) is 1. The van der Waals surface area contributed by atoms with Crippen LogP contribution in [0.4, 0.5) is 0 Å². The summed E-state index contributed by atoms with van der Waals surface area (Å²) < 4.78 is 10.6. The SMILES string of the molecule is COc1ccc(CNCC2CCN(CCO)CC2)c(OC)c1. The number of ether oxygens (including phenoxy) is 2. The molecule has 0 spiro atoms. The van der Waals surface area contributed by atoms with E-state index >= 15 is 0 Å². The van der Waals surface area contributed by atoms with Gasteiger partial charge < -0.3 is 24.8 Å². The van der Waals surface area contributed by atoms with E-state index in [1.165, 1.54) is 12.8 Å². The maximum absolute atomic E-state index is 8.96. The topological polar surface area (TPSA) is 54.0 Å². The second-order valence-corrected chi connectivity index (χ2v) is 5.82. The molecule has 0 aliphatic carbocycles. The smallest absolute Gasteiger partial charge is 0.127 e. The molecule has 5 nitrogen and oxygen atoms in total. The van der Waals surface area contributed by atoms with Gasteiger partial charge in [0, 0.05) is 24.7 Å². The highest BCUT2D eigenvalue weighted by molar-refractivity contribution is 5.40. The van der Waals surface area contributed by atoms with E-state index in [4.69, 9.17) is 14.6 Å². The van der Waals surface area contributed by atoms with Crippen LogP contribution in [-0.4, -0.2) is 57.0 Å². The lowest BCUT2D eigenvalue weighted by Gasteiger charge is -2.31. The molecule has 1 fully saturated rings. The van der Waals surface area contributed by atoms with Gasteiger partial charge in [-0.15, -0.1) is 0 Å². The van der Waals surface area contributed by atoms with Gasteiger partial charge in [0.15, 0.2) is 0 Å². The number of aliphatic hydroxyl groups is 1. The van der Waals surface area contributed by atoms with Gasteiger partial charge in [-0.1, -0.05) is 6.07 Å². The van der Waals surface area contributed by atoms with Gasteiger partial charge >= 0.3 is 0 Å². The Bertz CT molecular complexity index is 446. The van der Waals surface area contributed by atoms with Crippen LogP contribution in [0.5, 0.6) is 11.5 Å². The highest BCUT2D eigenvalue weighted by Crippen LogP contribution is 2.24. The summed E-state index contributed by atoms with van der Waals surface area (Å²) in [6.07, 6.45) is 2.40. The second-order valence-electron chi connectivity index (χ2n) is 5.82. The van der Waals surface area contributed by atoms with Crippen molar-refractivity contribution in [1.29, 1.82) is 0 Å². The largest absolute Gasteiger partial charge is 0.497 e. The average molecular weight is 308 g/mol. The lowest BCUT2D eigenvalue weighted by atomic mass is 9.96. The molecular weight excluding hydrogens is 280 g/mol. The maximum atomic E-state index is 8.96. The number of hydrogen-bond acceptors (Lipinski definition) is 5. The number of nitrogens with one attached hydrogen (secondary N) is 1. The van der Waals surface area contributed by atoms with Gasteiger partial charge in [0.2, 0.25) is 0 Å². The molecule has 1 saturated heterocycles. The van der Waals surface area contributed by atoms with Crippen LogP contribution >= 0.6 is 0 Å². The Hall–Kier alpha value is -1.30. The summed E-state index contributed by atoms with van der Waals surface area (Å²) >= 11 is 0. The van der Waals surface area contributed by atoms with Crippen LogP contribution in [-0.2, 0) is 6.54 Å². The average Bonchev–Trinajstić information content (AvgIpc) is 2.57. The van der Waals surface area contributed by atoms with E-state index in [9.17, 15) is 0 Å². The molecule has 1 aromatic carbocycles. The molecule has 0 amide bonds. The monoisotopic (exact) mass is 308 g/mol. The van der Waals surface area contributed by atoms with E-state index in [0.29, 0.717) is 0 Å². The van der Waals surface area contributed by atoms with Gasteiger partial charge in [0.1, 0.15) is 11.5 Å². The van der Waals surface area contributed by atoms with Gasteiger partial charge in [-0.05, 0) is 44.5 Å². The Balaban J connectivity index is 1.75. The van der Waals surface area contributed by atoms with Crippen LogP contribution < -0.4 is 14.8 Å². The van der Waals surface area contributed by atoms with Crippen molar-refractivity contribution in [2.75, 3.05) is 47.0 Å². The molecule has 1 aromatic rings. The molecule has 1 aliphatic heterocycles. The summed E-state index contributed by atoms with van der Waals surface area (Å²) in [5, 5.41) is 12.5. The number of aliphatic hydroxyl groups excluding tert-OH is 1. The molecule has 5 heteroatoms. The lowest BCUT2D eigenvalue weighted by Crippen LogP contribution is -2.38.